The lowest BCUT2D eigenvalue weighted by Gasteiger charge is -2.31. The first kappa shape index (κ1) is 28.6. The highest BCUT2D eigenvalue weighted by atomic mass is 32.2. The van der Waals surface area contributed by atoms with Crippen LogP contribution in [0.4, 0.5) is 5.82 Å². The van der Waals surface area contributed by atoms with Crippen molar-refractivity contribution in [3.05, 3.63) is 73.4 Å². The number of fused-ring (bicyclic) bond motifs is 1. The van der Waals surface area contributed by atoms with Crippen LogP contribution in [0.5, 0.6) is 0 Å². The Morgan fingerprint density at radius 1 is 0.909 bits per heavy atom. The fourth-order valence-corrected chi connectivity index (χ4v) is 7.40. The van der Waals surface area contributed by atoms with Gasteiger partial charge in [0.05, 0.1) is 29.0 Å². The van der Waals surface area contributed by atoms with Crippen molar-refractivity contribution in [3.63, 3.8) is 0 Å². The summed E-state index contributed by atoms with van der Waals surface area (Å²) >= 11 is 0. The van der Waals surface area contributed by atoms with Crippen molar-refractivity contribution in [1.82, 2.24) is 33.6 Å². The molecule has 0 amide bonds. The average Bonchev–Trinajstić information content (AvgIpc) is 3.72. The van der Waals surface area contributed by atoms with Gasteiger partial charge in [-0.1, -0.05) is 25.1 Å². The van der Waals surface area contributed by atoms with Crippen molar-refractivity contribution in [2.45, 2.75) is 49.6 Å². The summed E-state index contributed by atoms with van der Waals surface area (Å²) in [6, 6.07) is 12.9. The van der Waals surface area contributed by atoms with Crippen molar-refractivity contribution in [1.29, 1.82) is 0 Å². The number of anilines is 1. The molecule has 7 rings (SSSR count). The Labute approximate surface area is 257 Å². The molecule has 5 aromatic rings. The lowest BCUT2D eigenvalue weighted by atomic mass is 10.1. The Kier molecular flexibility index (Phi) is 7.87. The third kappa shape index (κ3) is 5.60. The molecule has 2 aliphatic rings. The minimum absolute atomic E-state index is 0.185. The Morgan fingerprint density at radius 2 is 1.70 bits per heavy atom. The molecular weight excluding hydrogens is 576 g/mol. The maximum Gasteiger partial charge on any atom is 0.269 e. The number of nitrogens with zero attached hydrogens (tertiary/aromatic N) is 7. The molecule has 0 saturated carbocycles. The van der Waals surface area contributed by atoms with Gasteiger partial charge >= 0.3 is 0 Å². The van der Waals surface area contributed by atoms with Gasteiger partial charge in [-0.3, -0.25) is 4.68 Å². The van der Waals surface area contributed by atoms with Crippen molar-refractivity contribution in [3.8, 4) is 22.4 Å². The standard InChI is InChI=1S/C32H36N8O3S/c1-2-38-14-10-26(11-15-38)39-21-24(19-35-39)28-22-40(44(41,42)27-6-4-3-5-7-27)32-31(28)37-29(20-34-32)23-8-9-30(33-18-23)36-25-12-16-43-17-13-25/h3-9,18-22,25-26H,2,10-17H2,1H3,(H,33,36). The van der Waals surface area contributed by atoms with Gasteiger partial charge in [0.25, 0.3) is 10.0 Å². The number of rotatable bonds is 8. The van der Waals surface area contributed by atoms with Gasteiger partial charge in [0.15, 0.2) is 5.65 Å². The number of aromatic nitrogens is 6. The highest BCUT2D eigenvalue weighted by Gasteiger charge is 2.26. The van der Waals surface area contributed by atoms with Gasteiger partial charge in [0, 0.05) is 67.6 Å². The summed E-state index contributed by atoms with van der Waals surface area (Å²) in [5.74, 6) is 0.799. The van der Waals surface area contributed by atoms with Crippen molar-refractivity contribution in [2.24, 2.45) is 0 Å². The van der Waals surface area contributed by atoms with Gasteiger partial charge < -0.3 is 15.0 Å². The molecule has 0 radical (unpaired) electrons. The largest absolute Gasteiger partial charge is 0.381 e. The predicted molar refractivity (Wildman–Crippen MR) is 169 cm³/mol. The van der Waals surface area contributed by atoms with Crippen LogP contribution in [0.1, 0.15) is 38.6 Å². The molecule has 44 heavy (non-hydrogen) atoms. The molecular formula is C32H36N8O3S. The predicted octanol–water partition coefficient (Wildman–Crippen LogP) is 4.84. The first-order chi connectivity index (χ1) is 21.5. The molecule has 6 heterocycles. The maximum atomic E-state index is 13.8. The second-order valence-electron chi connectivity index (χ2n) is 11.4. The quantitative estimate of drug-likeness (QED) is 0.262. The summed E-state index contributed by atoms with van der Waals surface area (Å²) in [6.07, 6.45) is 12.8. The fourth-order valence-electron chi connectivity index (χ4n) is 6.06. The Bertz CT molecular complexity index is 1840. The van der Waals surface area contributed by atoms with Crippen LogP contribution in [0.15, 0.2) is 78.3 Å². The van der Waals surface area contributed by atoms with E-state index in [1.807, 2.05) is 23.0 Å². The number of hydrogen-bond donors (Lipinski definition) is 1. The van der Waals surface area contributed by atoms with Crippen LogP contribution in [0, 0.1) is 0 Å². The van der Waals surface area contributed by atoms with Crippen LogP contribution in [-0.2, 0) is 14.8 Å². The van der Waals surface area contributed by atoms with Gasteiger partial charge in [0.1, 0.15) is 11.3 Å². The monoisotopic (exact) mass is 612 g/mol. The molecule has 2 fully saturated rings. The second-order valence-corrected chi connectivity index (χ2v) is 13.2. The Balaban J connectivity index is 1.26. The minimum Gasteiger partial charge on any atom is -0.381 e. The topological polar surface area (TPSA) is 120 Å². The van der Waals surface area contributed by atoms with E-state index in [0.717, 1.165) is 75.5 Å². The first-order valence-corrected chi connectivity index (χ1v) is 16.7. The smallest absolute Gasteiger partial charge is 0.269 e. The van der Waals surface area contributed by atoms with E-state index < -0.39 is 10.0 Å². The van der Waals surface area contributed by atoms with Gasteiger partial charge in [-0.2, -0.15) is 5.10 Å². The molecule has 0 atom stereocenters. The average molecular weight is 613 g/mol. The molecule has 11 nitrogen and oxygen atoms in total. The van der Waals surface area contributed by atoms with Gasteiger partial charge in [0.2, 0.25) is 0 Å². The molecule has 4 aromatic heterocycles. The molecule has 1 N–H and O–H groups in total. The molecule has 0 unspecified atom stereocenters. The van der Waals surface area contributed by atoms with Gasteiger partial charge in [-0.15, -0.1) is 0 Å². The van der Waals surface area contributed by atoms with E-state index in [-0.39, 0.29) is 10.5 Å². The van der Waals surface area contributed by atoms with Crippen LogP contribution in [0.2, 0.25) is 0 Å². The van der Waals surface area contributed by atoms with E-state index >= 15 is 0 Å². The molecule has 0 aliphatic carbocycles. The SMILES string of the molecule is CCN1CCC(n2cc(-c3cn(S(=O)(=O)c4ccccc4)c4ncc(-c5ccc(NC6CCOCC6)nc5)nc34)cn2)CC1. The zero-order valence-corrected chi connectivity index (χ0v) is 25.5. The highest BCUT2D eigenvalue weighted by Crippen LogP contribution is 2.34. The molecule has 12 heteroatoms. The van der Waals surface area contributed by atoms with Crippen LogP contribution in [0.25, 0.3) is 33.5 Å². The number of nitrogens with one attached hydrogen (secondary N) is 1. The molecule has 2 aliphatic heterocycles. The molecule has 2 saturated heterocycles. The van der Waals surface area contributed by atoms with E-state index in [4.69, 9.17) is 14.8 Å². The summed E-state index contributed by atoms with van der Waals surface area (Å²) < 4.78 is 36.3. The number of ether oxygens (including phenoxy) is 1. The summed E-state index contributed by atoms with van der Waals surface area (Å²) in [7, 11) is -3.92. The number of piperidine rings is 1. The normalized spacial score (nSPS) is 17.3. The lowest BCUT2D eigenvalue weighted by molar-refractivity contribution is 0.0904. The Morgan fingerprint density at radius 3 is 2.43 bits per heavy atom. The minimum atomic E-state index is -3.92. The number of hydrogen-bond acceptors (Lipinski definition) is 9. The molecule has 228 valence electrons. The van der Waals surface area contributed by atoms with Crippen LogP contribution >= 0.6 is 0 Å². The first-order valence-electron chi connectivity index (χ1n) is 15.3. The summed E-state index contributed by atoms with van der Waals surface area (Å²) in [5.41, 5.74) is 3.62. The molecule has 0 spiro atoms. The van der Waals surface area contributed by atoms with Crippen LogP contribution in [-0.4, -0.2) is 80.9 Å². The number of pyridine rings is 1. The third-order valence-electron chi connectivity index (χ3n) is 8.69. The zero-order valence-electron chi connectivity index (χ0n) is 24.7. The van der Waals surface area contributed by atoms with Crippen molar-refractivity contribution in [2.75, 3.05) is 38.2 Å². The third-order valence-corrected chi connectivity index (χ3v) is 10.4. The summed E-state index contributed by atoms with van der Waals surface area (Å²) in [5, 5.41) is 8.19. The second kappa shape index (κ2) is 12.1. The maximum absolute atomic E-state index is 13.8. The van der Waals surface area contributed by atoms with E-state index in [1.54, 1.807) is 55.1 Å². The number of likely N-dealkylation sites (tertiary alicyclic amines) is 1. The van der Waals surface area contributed by atoms with Crippen LogP contribution < -0.4 is 5.32 Å². The lowest BCUT2D eigenvalue weighted by Crippen LogP contribution is -2.34. The van der Waals surface area contributed by atoms with Crippen molar-refractivity contribution < 1.29 is 13.2 Å². The van der Waals surface area contributed by atoms with E-state index in [1.165, 1.54) is 3.97 Å². The molecule has 1 aromatic carbocycles. The van der Waals surface area contributed by atoms with Gasteiger partial charge in [-0.05, 0) is 56.5 Å². The van der Waals surface area contributed by atoms with Crippen molar-refractivity contribution >= 4 is 27.0 Å². The summed E-state index contributed by atoms with van der Waals surface area (Å²) in [6.45, 7) is 6.83. The van der Waals surface area contributed by atoms with Gasteiger partial charge in [-0.25, -0.2) is 27.3 Å². The van der Waals surface area contributed by atoms with E-state index in [0.29, 0.717) is 28.9 Å². The Hall–Kier alpha value is -4.13. The summed E-state index contributed by atoms with van der Waals surface area (Å²) in [4.78, 5) is 16.9. The fraction of sp³-hybridized carbons (Fsp3) is 0.375. The van der Waals surface area contributed by atoms with Crippen LogP contribution in [0.3, 0.4) is 0 Å². The van der Waals surface area contributed by atoms with E-state index in [9.17, 15) is 8.42 Å². The zero-order chi connectivity index (χ0) is 30.1. The highest BCUT2D eigenvalue weighted by molar-refractivity contribution is 7.90. The number of benzene rings is 1. The molecule has 0 bridgehead atoms. The van der Waals surface area contributed by atoms with E-state index in [2.05, 4.69) is 27.1 Å².